The van der Waals surface area contributed by atoms with E-state index in [-0.39, 0.29) is 32.8 Å². The highest BCUT2D eigenvalue weighted by molar-refractivity contribution is 8.01. The molecule has 4 aromatic carbocycles. The van der Waals surface area contributed by atoms with Gasteiger partial charge in [0.15, 0.2) is 12.1 Å². The van der Waals surface area contributed by atoms with Gasteiger partial charge in [-0.05, 0) is 49.6 Å². The van der Waals surface area contributed by atoms with Crippen LogP contribution in [0.3, 0.4) is 0 Å². The Hall–Kier alpha value is -4.19. The molecule has 14 heteroatoms. The van der Waals surface area contributed by atoms with E-state index in [4.69, 9.17) is 42.6 Å². The summed E-state index contributed by atoms with van der Waals surface area (Å²) in [5, 5.41) is 15.2. The first-order chi connectivity index (χ1) is 29.9. The van der Waals surface area contributed by atoms with Gasteiger partial charge in [-0.25, -0.2) is 4.79 Å². The van der Waals surface area contributed by atoms with E-state index < -0.39 is 83.8 Å². The van der Waals surface area contributed by atoms with Gasteiger partial charge in [-0.3, -0.25) is 4.79 Å². The third-order valence-corrected chi connectivity index (χ3v) is 12.4. The third kappa shape index (κ3) is 11.5. The van der Waals surface area contributed by atoms with Gasteiger partial charge in [0, 0.05) is 18.2 Å². The van der Waals surface area contributed by atoms with Crippen molar-refractivity contribution in [3.63, 3.8) is 0 Å². The van der Waals surface area contributed by atoms with Gasteiger partial charge in [0.1, 0.15) is 36.6 Å². The van der Waals surface area contributed by atoms with Gasteiger partial charge >= 0.3 is 5.97 Å². The molecule has 0 spiro atoms. The molecule has 1 amide bonds. The Morgan fingerprint density at radius 1 is 0.774 bits per heavy atom. The Kier molecular flexibility index (Phi) is 15.5. The predicted molar refractivity (Wildman–Crippen MR) is 229 cm³/mol. The maximum absolute atomic E-state index is 14.2. The number of nitrogens with one attached hydrogen (secondary N) is 1. The number of ether oxygens (including phenoxy) is 9. The molecule has 3 saturated heterocycles. The SMILES string of the molecule is COC(=O)[C@@]1(Sc2ccccc2)C[C@H](OC2O[C@@H](C)[C@@H](OCc3ccccc3)[C@@H](OCc3ccccc3)[C@@H]2OCc2ccccc2)[C@@H](NC(C)=O)[C@H]([C@H](O)[C@H]2COC(C)(C)O2)O1. The minimum absolute atomic E-state index is 0.0346. The fourth-order valence-electron chi connectivity index (χ4n) is 8.09. The Labute approximate surface area is 367 Å². The van der Waals surface area contributed by atoms with Gasteiger partial charge in [-0.1, -0.05) is 121 Å². The summed E-state index contributed by atoms with van der Waals surface area (Å²) in [4.78, 5) is 26.2. The highest BCUT2D eigenvalue weighted by atomic mass is 32.2. The van der Waals surface area contributed by atoms with E-state index in [1.54, 1.807) is 13.8 Å². The fourth-order valence-corrected chi connectivity index (χ4v) is 9.34. The number of benzene rings is 4. The molecule has 3 heterocycles. The molecule has 7 rings (SSSR count). The van der Waals surface area contributed by atoms with Crippen LogP contribution in [0, 0.1) is 0 Å². The lowest BCUT2D eigenvalue weighted by Gasteiger charge is -2.51. The van der Waals surface area contributed by atoms with E-state index in [0.717, 1.165) is 28.5 Å². The number of methoxy groups -OCH3 is 1. The third-order valence-electron chi connectivity index (χ3n) is 11.1. The summed E-state index contributed by atoms with van der Waals surface area (Å²) in [6.45, 7) is 7.48. The summed E-state index contributed by atoms with van der Waals surface area (Å²) in [7, 11) is 1.28. The number of esters is 1. The zero-order valence-corrected chi connectivity index (χ0v) is 36.5. The molecule has 3 fully saturated rings. The highest BCUT2D eigenvalue weighted by Gasteiger charge is 2.59. The molecular weight excluding hydrogens is 815 g/mol. The minimum Gasteiger partial charge on any atom is -0.466 e. The van der Waals surface area contributed by atoms with Crippen LogP contribution in [0.1, 0.15) is 50.8 Å². The van der Waals surface area contributed by atoms with Gasteiger partial charge in [0.2, 0.25) is 10.8 Å². The number of amides is 1. The summed E-state index contributed by atoms with van der Waals surface area (Å²) in [6.07, 6.45) is -8.77. The van der Waals surface area contributed by atoms with Crippen molar-refractivity contribution in [3.05, 3.63) is 138 Å². The van der Waals surface area contributed by atoms with Crippen molar-refractivity contribution in [3.8, 4) is 0 Å². The molecule has 0 aromatic heterocycles. The summed E-state index contributed by atoms with van der Waals surface area (Å²) in [5.74, 6) is -2.13. The quantitative estimate of drug-likeness (QED) is 0.114. The first-order valence-electron chi connectivity index (χ1n) is 21.0. The summed E-state index contributed by atoms with van der Waals surface area (Å²) in [6, 6.07) is 37.6. The van der Waals surface area contributed by atoms with Crippen molar-refractivity contribution in [2.24, 2.45) is 0 Å². The van der Waals surface area contributed by atoms with E-state index in [1.165, 1.54) is 14.0 Å². The normalized spacial score (nSPS) is 30.0. The molecular formula is C48H57NO12S. The van der Waals surface area contributed by atoms with Crippen LogP contribution in [0.5, 0.6) is 0 Å². The first kappa shape index (κ1) is 45.8. The van der Waals surface area contributed by atoms with Crippen LogP contribution < -0.4 is 5.32 Å². The number of hydrogen-bond acceptors (Lipinski definition) is 13. The van der Waals surface area contributed by atoms with Crippen molar-refractivity contribution in [2.75, 3.05) is 13.7 Å². The summed E-state index contributed by atoms with van der Waals surface area (Å²) in [5.41, 5.74) is 2.83. The number of aliphatic hydroxyl groups excluding tert-OH is 1. The van der Waals surface area contributed by atoms with Gasteiger partial charge in [0.05, 0.1) is 51.8 Å². The maximum Gasteiger partial charge on any atom is 0.349 e. The number of carbonyl (C=O) groups is 2. The van der Waals surface area contributed by atoms with Crippen molar-refractivity contribution >= 4 is 23.6 Å². The van der Waals surface area contributed by atoms with Crippen LogP contribution in [0.25, 0.3) is 0 Å². The lowest BCUT2D eigenvalue weighted by Crippen LogP contribution is -2.68. The molecule has 1 unspecified atom stereocenters. The Morgan fingerprint density at radius 2 is 1.29 bits per heavy atom. The van der Waals surface area contributed by atoms with Gasteiger partial charge in [-0.2, -0.15) is 0 Å². The molecule has 332 valence electrons. The monoisotopic (exact) mass is 871 g/mol. The van der Waals surface area contributed by atoms with Crippen molar-refractivity contribution in [1.82, 2.24) is 5.32 Å². The molecule has 3 aliphatic heterocycles. The average molecular weight is 872 g/mol. The number of hydrogen-bond donors (Lipinski definition) is 2. The molecule has 0 aliphatic carbocycles. The molecule has 13 nitrogen and oxygen atoms in total. The topological polar surface area (TPSA) is 149 Å². The van der Waals surface area contributed by atoms with E-state index >= 15 is 0 Å². The average Bonchev–Trinajstić information content (AvgIpc) is 3.65. The highest BCUT2D eigenvalue weighted by Crippen LogP contribution is 2.47. The van der Waals surface area contributed by atoms with Crippen molar-refractivity contribution in [2.45, 2.75) is 131 Å². The van der Waals surface area contributed by atoms with Crippen molar-refractivity contribution < 1.29 is 57.3 Å². The van der Waals surface area contributed by atoms with E-state index in [2.05, 4.69) is 5.32 Å². The number of carbonyl (C=O) groups excluding carboxylic acids is 2. The maximum atomic E-state index is 14.2. The summed E-state index contributed by atoms with van der Waals surface area (Å²) >= 11 is 1.13. The fraction of sp³-hybridized carbons (Fsp3) is 0.458. The van der Waals surface area contributed by atoms with Crippen LogP contribution in [0.4, 0.5) is 0 Å². The summed E-state index contributed by atoms with van der Waals surface area (Å²) < 4.78 is 58.3. The van der Waals surface area contributed by atoms with E-state index in [9.17, 15) is 14.7 Å². The van der Waals surface area contributed by atoms with Gasteiger partial charge in [-0.15, -0.1) is 0 Å². The standard InChI is InChI=1S/C48H57NO12S/c1-31-41(54-27-33-18-10-6-11-19-33)43(55-28-34-20-12-7-13-21-34)44(56-29-35-22-14-8-15-23-35)45(58-31)59-37-26-48(46(52)53-5,62-36-24-16-9-17-25-36)61-42(39(37)49-32(2)50)40(51)38-30-57-47(3,4)60-38/h6-25,31,37-45,51H,26-30H2,1-5H3,(H,49,50)/t31-,37-,38+,39+,40+,41+,42+,43+,44-,45?,48-/m0/s1. The molecule has 0 saturated carbocycles. The molecule has 3 aliphatic rings. The second-order valence-electron chi connectivity index (χ2n) is 16.2. The Bertz CT molecular complexity index is 2010. The molecule has 0 bridgehead atoms. The smallest absolute Gasteiger partial charge is 0.349 e. The van der Waals surface area contributed by atoms with E-state index in [0.29, 0.717) is 4.90 Å². The Balaban J connectivity index is 1.28. The van der Waals surface area contributed by atoms with Crippen molar-refractivity contribution in [1.29, 1.82) is 0 Å². The predicted octanol–water partition coefficient (Wildman–Crippen LogP) is 6.34. The number of rotatable bonds is 17. The second-order valence-corrected chi connectivity index (χ2v) is 17.5. The number of aliphatic hydroxyl groups is 1. The molecule has 0 radical (unpaired) electrons. The number of thioether (sulfide) groups is 1. The van der Waals surface area contributed by atoms with Crippen LogP contribution in [0.15, 0.2) is 126 Å². The minimum atomic E-state index is -1.78. The lowest BCUT2D eigenvalue weighted by atomic mass is 9.89. The van der Waals surface area contributed by atoms with Crippen LogP contribution in [-0.4, -0.2) is 103 Å². The second kappa shape index (κ2) is 21.0. The zero-order valence-electron chi connectivity index (χ0n) is 35.7. The molecule has 11 atom stereocenters. The first-order valence-corrected chi connectivity index (χ1v) is 21.8. The Morgan fingerprint density at radius 3 is 1.79 bits per heavy atom. The van der Waals surface area contributed by atoms with Crippen LogP contribution in [0.2, 0.25) is 0 Å². The van der Waals surface area contributed by atoms with Crippen LogP contribution >= 0.6 is 11.8 Å². The zero-order chi connectivity index (χ0) is 43.7. The van der Waals surface area contributed by atoms with Gasteiger partial charge < -0.3 is 53.1 Å². The van der Waals surface area contributed by atoms with Gasteiger partial charge in [0.25, 0.3) is 0 Å². The largest absolute Gasteiger partial charge is 0.466 e. The molecule has 2 N–H and O–H groups in total. The molecule has 62 heavy (non-hydrogen) atoms. The van der Waals surface area contributed by atoms with E-state index in [1.807, 2.05) is 128 Å². The van der Waals surface area contributed by atoms with Crippen LogP contribution in [-0.2, 0) is 72.0 Å². The lowest BCUT2D eigenvalue weighted by molar-refractivity contribution is -0.338. The molecule has 4 aromatic rings.